The van der Waals surface area contributed by atoms with Gasteiger partial charge in [0.05, 0.1) is 12.2 Å². The van der Waals surface area contributed by atoms with Gasteiger partial charge >= 0.3 is 0 Å². The van der Waals surface area contributed by atoms with Gasteiger partial charge in [-0.1, -0.05) is 76.8 Å². The first-order valence-electron chi connectivity index (χ1n) is 12.2. The van der Waals surface area contributed by atoms with Crippen molar-refractivity contribution in [1.82, 2.24) is 0 Å². The van der Waals surface area contributed by atoms with Crippen LogP contribution >= 0.6 is 0 Å². The van der Waals surface area contributed by atoms with Crippen molar-refractivity contribution >= 4 is 0 Å². The molecule has 3 fully saturated rings. The second-order valence-corrected chi connectivity index (χ2v) is 11.0. The molecule has 3 aliphatic carbocycles. The molecule has 0 amide bonds. The minimum absolute atomic E-state index is 0.458. The fourth-order valence-electron chi connectivity index (χ4n) is 6.69. The zero-order valence-corrected chi connectivity index (χ0v) is 19.3. The lowest BCUT2D eigenvalue weighted by molar-refractivity contribution is 0.0928. The normalized spacial score (nSPS) is 37.8. The summed E-state index contributed by atoms with van der Waals surface area (Å²) >= 11 is 0. The minimum Gasteiger partial charge on any atom is -0.388 e. The van der Waals surface area contributed by atoms with Gasteiger partial charge in [0.15, 0.2) is 0 Å². The summed E-state index contributed by atoms with van der Waals surface area (Å²) in [6.45, 7) is 13.6. The van der Waals surface area contributed by atoms with Crippen LogP contribution < -0.4 is 0 Å². The van der Waals surface area contributed by atoms with E-state index >= 15 is 0 Å². The summed E-state index contributed by atoms with van der Waals surface area (Å²) < 4.78 is 0. The van der Waals surface area contributed by atoms with Gasteiger partial charge in [0, 0.05) is 0 Å². The number of hydrogen-bond donors (Lipinski definition) is 2. The highest BCUT2D eigenvalue weighted by Gasteiger charge is 2.50. The predicted octanol–water partition coefficient (Wildman–Crippen LogP) is 6.59. The smallest absolute Gasteiger partial charge is 0.0809 e. The van der Waals surface area contributed by atoms with E-state index in [1.54, 1.807) is 5.57 Å². The Morgan fingerprint density at radius 2 is 1.76 bits per heavy atom. The van der Waals surface area contributed by atoms with Crippen LogP contribution in [0.5, 0.6) is 0 Å². The highest BCUT2D eigenvalue weighted by molar-refractivity contribution is 5.29. The van der Waals surface area contributed by atoms with E-state index < -0.39 is 12.2 Å². The third kappa shape index (κ3) is 5.07. The van der Waals surface area contributed by atoms with Gasteiger partial charge in [0.25, 0.3) is 0 Å². The van der Waals surface area contributed by atoms with E-state index in [9.17, 15) is 10.2 Å². The largest absolute Gasteiger partial charge is 0.388 e. The van der Waals surface area contributed by atoms with Crippen molar-refractivity contribution in [3.8, 4) is 0 Å². The second-order valence-electron chi connectivity index (χ2n) is 11.0. The Bertz CT molecular complexity index is 627. The average Bonchev–Trinajstić information content (AvgIpc) is 3.01. The van der Waals surface area contributed by atoms with Crippen LogP contribution in [0.3, 0.4) is 0 Å². The van der Waals surface area contributed by atoms with Crippen LogP contribution in [0.1, 0.15) is 91.9 Å². The lowest BCUT2D eigenvalue weighted by Crippen LogP contribution is -2.36. The Labute approximate surface area is 179 Å². The molecule has 0 aliphatic heterocycles. The second kappa shape index (κ2) is 9.52. The van der Waals surface area contributed by atoms with E-state index in [1.165, 1.54) is 51.4 Å². The molecule has 3 rings (SSSR count). The third-order valence-corrected chi connectivity index (χ3v) is 8.47. The lowest BCUT2D eigenvalue weighted by atomic mass is 9.60. The molecule has 2 N–H and O–H groups in total. The first-order valence-corrected chi connectivity index (χ1v) is 12.2. The first-order chi connectivity index (χ1) is 13.7. The van der Waals surface area contributed by atoms with Gasteiger partial charge in [0.1, 0.15) is 0 Å². The lowest BCUT2D eigenvalue weighted by Gasteiger charge is -2.44. The van der Waals surface area contributed by atoms with E-state index in [0.717, 1.165) is 29.2 Å². The summed E-state index contributed by atoms with van der Waals surface area (Å²) in [5.74, 6) is 3.23. The predicted molar refractivity (Wildman–Crippen MR) is 123 cm³/mol. The fourth-order valence-corrected chi connectivity index (χ4v) is 6.69. The van der Waals surface area contributed by atoms with Crippen molar-refractivity contribution in [2.45, 2.75) is 104 Å². The topological polar surface area (TPSA) is 40.5 Å². The molecule has 0 unspecified atom stereocenters. The average molecular weight is 401 g/mol. The Hall–Kier alpha value is -0.860. The molecule has 0 spiro atoms. The number of rotatable bonds is 6. The van der Waals surface area contributed by atoms with Gasteiger partial charge < -0.3 is 10.2 Å². The number of fused-ring (bicyclic) bond motifs is 1. The molecule has 164 valence electrons. The van der Waals surface area contributed by atoms with E-state index in [1.807, 2.05) is 0 Å². The van der Waals surface area contributed by atoms with Crippen molar-refractivity contribution in [3.05, 3.63) is 35.5 Å². The van der Waals surface area contributed by atoms with Crippen molar-refractivity contribution in [2.75, 3.05) is 0 Å². The maximum absolute atomic E-state index is 10.1. The van der Waals surface area contributed by atoms with Crippen molar-refractivity contribution in [2.24, 2.45) is 29.1 Å². The van der Waals surface area contributed by atoms with Crippen molar-refractivity contribution in [3.63, 3.8) is 0 Å². The van der Waals surface area contributed by atoms with Crippen molar-refractivity contribution < 1.29 is 10.2 Å². The van der Waals surface area contributed by atoms with Crippen LogP contribution in [-0.4, -0.2) is 22.4 Å². The summed E-state index contributed by atoms with van der Waals surface area (Å²) in [5.41, 5.74) is 3.81. The minimum atomic E-state index is -0.595. The van der Waals surface area contributed by atoms with Gasteiger partial charge in [-0.05, 0) is 79.6 Å². The molecule has 2 heteroatoms. The monoisotopic (exact) mass is 400 g/mol. The maximum Gasteiger partial charge on any atom is 0.0809 e. The summed E-state index contributed by atoms with van der Waals surface area (Å²) in [7, 11) is 0. The Morgan fingerprint density at radius 1 is 1.07 bits per heavy atom. The molecule has 0 bridgehead atoms. The maximum atomic E-state index is 10.1. The Kier molecular flexibility index (Phi) is 7.49. The van der Waals surface area contributed by atoms with E-state index in [4.69, 9.17) is 0 Å². The van der Waals surface area contributed by atoms with Gasteiger partial charge in [-0.2, -0.15) is 0 Å². The van der Waals surface area contributed by atoms with Crippen LogP contribution in [-0.2, 0) is 0 Å². The Balaban J connectivity index is 1.68. The zero-order chi connectivity index (χ0) is 21.2. The van der Waals surface area contributed by atoms with Crippen LogP contribution in [0, 0.1) is 29.1 Å². The molecule has 0 radical (unpaired) electrons. The SMILES string of the molecule is C=C1[C@H](O)CC(=C/C=C2\CCC[C@]3(C)[C@@H]([C@@H](C)CCCC(C)C)CC[C@@H]23)C[C@H]1O. The van der Waals surface area contributed by atoms with Gasteiger partial charge in [0.2, 0.25) is 0 Å². The number of aliphatic hydroxyl groups excluding tert-OH is 2. The zero-order valence-electron chi connectivity index (χ0n) is 19.3. The molecule has 3 saturated carbocycles. The highest BCUT2D eigenvalue weighted by Crippen LogP contribution is 2.59. The summed E-state index contributed by atoms with van der Waals surface area (Å²) in [6.07, 6.45) is 15.4. The first kappa shape index (κ1) is 22.8. The van der Waals surface area contributed by atoms with Crippen LogP contribution in [0.4, 0.5) is 0 Å². The van der Waals surface area contributed by atoms with Crippen LogP contribution in [0.2, 0.25) is 0 Å². The summed E-state index contributed by atoms with van der Waals surface area (Å²) in [5, 5.41) is 20.3. The van der Waals surface area contributed by atoms with Crippen LogP contribution in [0.25, 0.3) is 0 Å². The molecule has 0 aromatic rings. The molecular formula is C27H44O2. The number of hydrogen-bond acceptors (Lipinski definition) is 2. The molecule has 2 nitrogen and oxygen atoms in total. The van der Waals surface area contributed by atoms with Gasteiger partial charge in [-0.25, -0.2) is 0 Å². The van der Waals surface area contributed by atoms with Gasteiger partial charge in [-0.3, -0.25) is 0 Å². The molecule has 0 heterocycles. The molecule has 6 atom stereocenters. The quantitative estimate of drug-likeness (QED) is 0.494. The fraction of sp³-hybridized carbons (Fsp3) is 0.778. The molecular weight excluding hydrogens is 356 g/mol. The summed E-state index contributed by atoms with van der Waals surface area (Å²) in [6, 6.07) is 0. The molecule has 0 aromatic carbocycles. The van der Waals surface area contributed by atoms with E-state index in [-0.39, 0.29) is 0 Å². The van der Waals surface area contributed by atoms with E-state index in [0.29, 0.717) is 23.8 Å². The molecule has 0 aromatic heterocycles. The van der Waals surface area contributed by atoms with Gasteiger partial charge in [-0.15, -0.1) is 0 Å². The Morgan fingerprint density at radius 3 is 2.41 bits per heavy atom. The highest BCUT2D eigenvalue weighted by atomic mass is 16.3. The molecule has 0 saturated heterocycles. The summed E-state index contributed by atoms with van der Waals surface area (Å²) in [4.78, 5) is 0. The number of aliphatic hydroxyl groups is 2. The van der Waals surface area contributed by atoms with Crippen molar-refractivity contribution in [1.29, 1.82) is 0 Å². The van der Waals surface area contributed by atoms with E-state index in [2.05, 4.69) is 46.4 Å². The standard InChI is InChI=1S/C27H44O2/c1-18(2)8-6-9-19(3)23-13-14-24-22(10-7-15-27(23,24)5)12-11-21-16-25(28)20(4)26(29)17-21/h11-12,18-19,23-26,28-29H,4,6-10,13-17H2,1-3,5H3/b22-12+/t19-,23+,24-,25+,26+,27+/m0/s1. The number of allylic oxidation sites excluding steroid dienone is 3. The molecule has 29 heavy (non-hydrogen) atoms. The molecule has 3 aliphatic rings. The third-order valence-electron chi connectivity index (χ3n) is 8.47. The van der Waals surface area contributed by atoms with Crippen LogP contribution in [0.15, 0.2) is 35.5 Å².